The fraction of sp³-hybridized carbons (Fsp3) is 0.286. The van der Waals surface area contributed by atoms with Gasteiger partial charge in [0.05, 0.1) is 23.9 Å². The smallest absolute Gasteiger partial charge is 0.186 e. The number of anilines is 1. The summed E-state index contributed by atoms with van der Waals surface area (Å²) in [6.45, 7) is 4.17. The van der Waals surface area contributed by atoms with Crippen molar-refractivity contribution in [3.8, 4) is 11.4 Å². The first-order chi connectivity index (χ1) is 9.61. The second-order valence-corrected chi connectivity index (χ2v) is 4.99. The van der Waals surface area contributed by atoms with Crippen molar-refractivity contribution in [3.05, 3.63) is 30.0 Å². The number of methoxy groups -OCH3 is 1. The molecule has 2 heterocycles. The molecule has 3 N–H and O–H groups in total. The molecule has 0 spiro atoms. The van der Waals surface area contributed by atoms with Gasteiger partial charge in [0, 0.05) is 6.07 Å². The summed E-state index contributed by atoms with van der Waals surface area (Å²) in [5.74, 6) is 1.60. The molecule has 0 bridgehead atoms. The number of nitrogens with zero attached hydrogens (tertiary/aromatic N) is 3. The SMILES string of the molecule is COc1cccc(-n2nc(C(C)C)c3c(N)[nH]nc32)c1. The number of rotatable bonds is 3. The standard InChI is InChI=1S/C14H17N5O/c1-8(2)12-11-13(15)16-17-14(11)19(18-12)9-5-4-6-10(7-9)20-3/h4-8H,1-3H3,(H3,15,16,17). The minimum atomic E-state index is 0.268. The quantitative estimate of drug-likeness (QED) is 0.766. The van der Waals surface area contributed by atoms with E-state index < -0.39 is 0 Å². The van der Waals surface area contributed by atoms with Crippen molar-refractivity contribution in [3.63, 3.8) is 0 Å². The highest BCUT2D eigenvalue weighted by molar-refractivity contribution is 5.90. The minimum absolute atomic E-state index is 0.268. The van der Waals surface area contributed by atoms with Crippen molar-refractivity contribution in [1.29, 1.82) is 0 Å². The Bertz CT molecular complexity index is 756. The first kappa shape index (κ1) is 12.5. The maximum Gasteiger partial charge on any atom is 0.186 e. The zero-order valence-corrected chi connectivity index (χ0v) is 11.7. The molecule has 0 fully saturated rings. The van der Waals surface area contributed by atoms with E-state index >= 15 is 0 Å². The summed E-state index contributed by atoms with van der Waals surface area (Å²) in [5.41, 5.74) is 8.54. The molecular formula is C14H17N5O. The third kappa shape index (κ3) is 1.80. The number of fused-ring (bicyclic) bond motifs is 1. The average molecular weight is 271 g/mol. The maximum absolute atomic E-state index is 5.97. The third-order valence-corrected chi connectivity index (χ3v) is 3.28. The fourth-order valence-corrected chi connectivity index (χ4v) is 2.28. The molecule has 0 saturated carbocycles. The molecule has 0 amide bonds. The second-order valence-electron chi connectivity index (χ2n) is 4.99. The van der Waals surface area contributed by atoms with Crippen LogP contribution in [0.2, 0.25) is 0 Å². The molecule has 3 rings (SSSR count). The van der Waals surface area contributed by atoms with Gasteiger partial charge in [0.2, 0.25) is 0 Å². The highest BCUT2D eigenvalue weighted by Crippen LogP contribution is 2.30. The molecule has 0 atom stereocenters. The van der Waals surface area contributed by atoms with Gasteiger partial charge in [-0.3, -0.25) is 5.10 Å². The summed E-state index contributed by atoms with van der Waals surface area (Å²) in [5, 5.41) is 12.6. The van der Waals surface area contributed by atoms with Gasteiger partial charge in [-0.25, -0.2) is 4.68 Å². The lowest BCUT2D eigenvalue weighted by molar-refractivity contribution is 0.414. The molecule has 3 aromatic rings. The van der Waals surface area contributed by atoms with E-state index in [4.69, 9.17) is 10.5 Å². The number of hydrogen-bond acceptors (Lipinski definition) is 4. The summed E-state index contributed by atoms with van der Waals surface area (Å²) in [4.78, 5) is 0. The van der Waals surface area contributed by atoms with E-state index in [1.54, 1.807) is 11.8 Å². The number of nitrogens with one attached hydrogen (secondary N) is 1. The highest BCUT2D eigenvalue weighted by atomic mass is 16.5. The lowest BCUT2D eigenvalue weighted by atomic mass is 10.1. The third-order valence-electron chi connectivity index (χ3n) is 3.28. The van der Waals surface area contributed by atoms with Crippen LogP contribution in [0.3, 0.4) is 0 Å². The van der Waals surface area contributed by atoms with Crippen molar-refractivity contribution >= 4 is 16.9 Å². The van der Waals surface area contributed by atoms with Gasteiger partial charge < -0.3 is 10.5 Å². The average Bonchev–Trinajstić information content (AvgIpc) is 3.00. The monoisotopic (exact) mass is 271 g/mol. The van der Waals surface area contributed by atoms with Gasteiger partial charge in [-0.2, -0.15) is 10.2 Å². The number of ether oxygens (including phenoxy) is 1. The number of nitrogen functional groups attached to an aromatic ring is 1. The molecule has 1 aromatic carbocycles. The number of hydrogen-bond donors (Lipinski definition) is 2. The van der Waals surface area contributed by atoms with E-state index in [9.17, 15) is 0 Å². The van der Waals surface area contributed by atoms with Crippen LogP contribution in [0.4, 0.5) is 5.82 Å². The molecule has 0 aliphatic rings. The van der Waals surface area contributed by atoms with Crippen LogP contribution < -0.4 is 10.5 Å². The highest BCUT2D eigenvalue weighted by Gasteiger charge is 2.19. The molecule has 0 radical (unpaired) electrons. The lowest BCUT2D eigenvalue weighted by Crippen LogP contribution is -2.00. The van der Waals surface area contributed by atoms with Gasteiger partial charge in [0.15, 0.2) is 5.65 Å². The largest absolute Gasteiger partial charge is 0.497 e. The molecule has 0 aliphatic heterocycles. The van der Waals surface area contributed by atoms with Crippen molar-refractivity contribution < 1.29 is 4.74 Å². The number of H-pyrrole nitrogens is 1. The van der Waals surface area contributed by atoms with Gasteiger partial charge in [-0.1, -0.05) is 19.9 Å². The zero-order chi connectivity index (χ0) is 14.3. The first-order valence-electron chi connectivity index (χ1n) is 6.48. The summed E-state index contributed by atoms with van der Waals surface area (Å²) in [7, 11) is 1.64. The predicted octanol–water partition coefficient (Wildman–Crippen LogP) is 2.46. The summed E-state index contributed by atoms with van der Waals surface area (Å²) in [6, 6.07) is 7.70. The van der Waals surface area contributed by atoms with Crippen LogP contribution in [0.5, 0.6) is 5.75 Å². The molecule has 0 unspecified atom stereocenters. The van der Waals surface area contributed by atoms with Crippen molar-refractivity contribution in [1.82, 2.24) is 20.0 Å². The molecule has 20 heavy (non-hydrogen) atoms. The summed E-state index contributed by atoms with van der Waals surface area (Å²) < 4.78 is 7.05. The Kier molecular flexibility index (Phi) is 2.85. The molecule has 104 valence electrons. The van der Waals surface area contributed by atoms with Crippen LogP contribution in [0.25, 0.3) is 16.7 Å². The lowest BCUT2D eigenvalue weighted by Gasteiger charge is -2.05. The van der Waals surface area contributed by atoms with E-state index in [-0.39, 0.29) is 5.92 Å². The first-order valence-corrected chi connectivity index (χ1v) is 6.48. The number of aromatic nitrogens is 4. The Morgan fingerprint density at radius 3 is 2.85 bits per heavy atom. The minimum Gasteiger partial charge on any atom is -0.497 e. The number of nitrogens with two attached hydrogens (primary N) is 1. The maximum atomic E-state index is 5.97. The predicted molar refractivity (Wildman–Crippen MR) is 78.3 cm³/mol. The number of benzene rings is 1. The number of aromatic amines is 1. The van der Waals surface area contributed by atoms with Gasteiger partial charge >= 0.3 is 0 Å². The van der Waals surface area contributed by atoms with Crippen LogP contribution in [-0.4, -0.2) is 27.1 Å². The van der Waals surface area contributed by atoms with E-state index in [1.165, 1.54) is 0 Å². The van der Waals surface area contributed by atoms with E-state index in [2.05, 4.69) is 29.1 Å². The van der Waals surface area contributed by atoms with Gasteiger partial charge in [0.1, 0.15) is 11.6 Å². The Morgan fingerprint density at radius 1 is 1.35 bits per heavy atom. The second kappa shape index (κ2) is 4.56. The Morgan fingerprint density at radius 2 is 2.15 bits per heavy atom. The van der Waals surface area contributed by atoms with Crippen LogP contribution in [0, 0.1) is 0 Å². The molecular weight excluding hydrogens is 254 g/mol. The Hall–Kier alpha value is -2.50. The molecule has 6 heteroatoms. The summed E-state index contributed by atoms with van der Waals surface area (Å²) >= 11 is 0. The van der Waals surface area contributed by atoms with Crippen LogP contribution >= 0.6 is 0 Å². The van der Waals surface area contributed by atoms with E-state index in [0.29, 0.717) is 5.82 Å². The molecule has 2 aromatic heterocycles. The zero-order valence-electron chi connectivity index (χ0n) is 11.7. The van der Waals surface area contributed by atoms with Crippen molar-refractivity contribution in [2.45, 2.75) is 19.8 Å². The Balaban J connectivity index is 2.25. The molecule has 6 nitrogen and oxygen atoms in total. The van der Waals surface area contributed by atoms with E-state index in [1.807, 2.05) is 24.3 Å². The van der Waals surface area contributed by atoms with Gasteiger partial charge in [-0.15, -0.1) is 0 Å². The Labute approximate surface area is 116 Å². The van der Waals surface area contributed by atoms with Crippen molar-refractivity contribution in [2.75, 3.05) is 12.8 Å². The fourth-order valence-electron chi connectivity index (χ4n) is 2.28. The van der Waals surface area contributed by atoms with Gasteiger partial charge in [-0.05, 0) is 18.1 Å². The topological polar surface area (TPSA) is 81.8 Å². The van der Waals surface area contributed by atoms with Gasteiger partial charge in [0.25, 0.3) is 0 Å². The van der Waals surface area contributed by atoms with Crippen LogP contribution in [0.1, 0.15) is 25.5 Å². The van der Waals surface area contributed by atoms with Crippen LogP contribution in [0.15, 0.2) is 24.3 Å². The molecule has 0 aliphatic carbocycles. The van der Waals surface area contributed by atoms with E-state index in [0.717, 1.165) is 28.2 Å². The van der Waals surface area contributed by atoms with Crippen LogP contribution in [-0.2, 0) is 0 Å². The summed E-state index contributed by atoms with van der Waals surface area (Å²) in [6.07, 6.45) is 0. The normalized spacial score (nSPS) is 11.4. The van der Waals surface area contributed by atoms with Crippen molar-refractivity contribution in [2.24, 2.45) is 0 Å². The molecule has 0 saturated heterocycles.